The second-order valence-electron chi connectivity index (χ2n) is 2.55. The Morgan fingerprint density at radius 3 is 2.60 bits per heavy atom. The summed E-state index contributed by atoms with van der Waals surface area (Å²) in [5, 5.41) is 19.7. The van der Waals surface area contributed by atoms with E-state index >= 15 is 0 Å². The second kappa shape index (κ2) is 5.14. The number of nitrogens with zero attached hydrogens (tertiary/aromatic N) is 2. The first-order valence-electron chi connectivity index (χ1n) is 3.89. The molecule has 0 saturated heterocycles. The summed E-state index contributed by atoms with van der Waals surface area (Å²) in [4.78, 5) is 0. The van der Waals surface area contributed by atoms with Crippen LogP contribution in [0.3, 0.4) is 0 Å². The van der Waals surface area contributed by atoms with E-state index in [0.717, 1.165) is 0 Å². The SMILES string of the molecule is N#CC(C#N)=CNc1ccc(F)cc1Br. The summed E-state index contributed by atoms with van der Waals surface area (Å²) >= 11 is 3.14. The third kappa shape index (κ3) is 3.08. The highest BCUT2D eigenvalue weighted by molar-refractivity contribution is 9.10. The standard InChI is InChI=1S/C10H5BrFN3/c11-9-3-8(12)1-2-10(9)15-6-7(4-13)5-14/h1-3,6,15H. The molecule has 0 heterocycles. The van der Waals surface area contributed by atoms with Gasteiger partial charge in [-0.2, -0.15) is 10.5 Å². The first kappa shape index (κ1) is 11.2. The first-order valence-corrected chi connectivity index (χ1v) is 4.68. The van der Waals surface area contributed by atoms with E-state index in [1.54, 1.807) is 12.1 Å². The van der Waals surface area contributed by atoms with Gasteiger partial charge in [0.2, 0.25) is 0 Å². The highest BCUT2D eigenvalue weighted by Gasteiger charge is 1.99. The molecule has 0 amide bonds. The summed E-state index contributed by atoms with van der Waals surface area (Å²) in [6, 6.07) is 7.47. The van der Waals surface area contributed by atoms with Crippen molar-refractivity contribution in [2.75, 3.05) is 5.32 Å². The maximum Gasteiger partial charge on any atom is 0.145 e. The number of hydrogen-bond acceptors (Lipinski definition) is 3. The normalized spacial score (nSPS) is 8.53. The zero-order valence-electron chi connectivity index (χ0n) is 7.46. The minimum absolute atomic E-state index is 0.0498. The molecule has 0 radical (unpaired) electrons. The van der Waals surface area contributed by atoms with Crippen LogP contribution < -0.4 is 5.32 Å². The summed E-state index contributed by atoms with van der Waals surface area (Å²) < 4.78 is 13.2. The molecule has 74 valence electrons. The molecule has 0 saturated carbocycles. The minimum atomic E-state index is -0.364. The number of allylic oxidation sites excluding steroid dienone is 1. The fraction of sp³-hybridized carbons (Fsp3) is 0. The third-order valence-electron chi connectivity index (χ3n) is 1.54. The van der Waals surface area contributed by atoms with E-state index in [2.05, 4.69) is 21.2 Å². The molecule has 0 unspecified atom stereocenters. The van der Waals surface area contributed by atoms with Crippen molar-refractivity contribution in [2.24, 2.45) is 0 Å². The Hall–Kier alpha value is -1.85. The lowest BCUT2D eigenvalue weighted by molar-refractivity contribution is 0.627. The van der Waals surface area contributed by atoms with E-state index in [1.807, 2.05) is 0 Å². The molecule has 1 aromatic rings. The largest absolute Gasteiger partial charge is 0.359 e. The van der Waals surface area contributed by atoms with Gasteiger partial charge in [0.1, 0.15) is 23.5 Å². The third-order valence-corrected chi connectivity index (χ3v) is 2.20. The summed E-state index contributed by atoms with van der Waals surface area (Å²) in [7, 11) is 0. The first-order chi connectivity index (χ1) is 7.17. The number of benzene rings is 1. The molecule has 0 aromatic heterocycles. The summed E-state index contributed by atoms with van der Waals surface area (Å²) in [5.41, 5.74) is 0.533. The van der Waals surface area contributed by atoms with E-state index in [-0.39, 0.29) is 11.4 Å². The number of anilines is 1. The molecule has 0 atom stereocenters. The van der Waals surface area contributed by atoms with Crippen LogP contribution in [0.4, 0.5) is 10.1 Å². The molecule has 5 heteroatoms. The van der Waals surface area contributed by atoms with Crippen molar-refractivity contribution in [1.82, 2.24) is 0 Å². The van der Waals surface area contributed by atoms with Crippen molar-refractivity contribution in [3.05, 3.63) is 40.3 Å². The van der Waals surface area contributed by atoms with Gasteiger partial charge in [-0.15, -0.1) is 0 Å². The smallest absolute Gasteiger partial charge is 0.145 e. The highest BCUT2D eigenvalue weighted by atomic mass is 79.9. The van der Waals surface area contributed by atoms with Gasteiger partial charge in [-0.1, -0.05) is 0 Å². The summed E-state index contributed by atoms with van der Waals surface area (Å²) in [6.07, 6.45) is 1.26. The maximum atomic E-state index is 12.7. The fourth-order valence-electron chi connectivity index (χ4n) is 0.846. The molecule has 0 spiro atoms. The van der Waals surface area contributed by atoms with Crippen molar-refractivity contribution in [2.45, 2.75) is 0 Å². The number of hydrogen-bond donors (Lipinski definition) is 1. The van der Waals surface area contributed by atoms with E-state index in [9.17, 15) is 4.39 Å². The van der Waals surface area contributed by atoms with Crippen LogP contribution in [0.15, 0.2) is 34.4 Å². The van der Waals surface area contributed by atoms with Crippen LogP contribution in [-0.2, 0) is 0 Å². The van der Waals surface area contributed by atoms with E-state index in [1.165, 1.54) is 24.4 Å². The summed E-state index contributed by atoms with van der Waals surface area (Å²) in [5.74, 6) is -0.364. The number of halogens is 2. The van der Waals surface area contributed by atoms with E-state index in [0.29, 0.717) is 10.2 Å². The lowest BCUT2D eigenvalue weighted by Gasteiger charge is -2.03. The molecule has 0 fully saturated rings. The average Bonchev–Trinajstić information content (AvgIpc) is 2.22. The van der Waals surface area contributed by atoms with Crippen LogP contribution in [0.25, 0.3) is 0 Å². The Bertz CT molecular complexity index is 466. The molecular formula is C10H5BrFN3. The van der Waals surface area contributed by atoms with E-state index < -0.39 is 0 Å². The molecule has 3 nitrogen and oxygen atoms in total. The predicted molar refractivity (Wildman–Crippen MR) is 57.0 cm³/mol. The molecule has 0 bridgehead atoms. The Labute approximate surface area is 94.6 Å². The Balaban J connectivity index is 2.89. The van der Waals surface area contributed by atoms with Gasteiger partial charge >= 0.3 is 0 Å². The lowest BCUT2D eigenvalue weighted by atomic mass is 10.3. The number of nitriles is 2. The van der Waals surface area contributed by atoms with Crippen LogP contribution in [0.5, 0.6) is 0 Å². The lowest BCUT2D eigenvalue weighted by Crippen LogP contribution is -1.91. The van der Waals surface area contributed by atoms with Gasteiger partial charge < -0.3 is 5.32 Å². The van der Waals surface area contributed by atoms with Crippen LogP contribution >= 0.6 is 15.9 Å². The zero-order chi connectivity index (χ0) is 11.3. The maximum absolute atomic E-state index is 12.7. The minimum Gasteiger partial charge on any atom is -0.359 e. The van der Waals surface area contributed by atoms with Crippen LogP contribution in [0.1, 0.15) is 0 Å². The molecule has 0 aliphatic carbocycles. The topological polar surface area (TPSA) is 59.6 Å². The van der Waals surface area contributed by atoms with Crippen molar-refractivity contribution in [3.8, 4) is 12.1 Å². The summed E-state index contributed by atoms with van der Waals surface area (Å²) in [6.45, 7) is 0. The predicted octanol–water partition coefficient (Wildman–Crippen LogP) is 2.93. The fourth-order valence-corrected chi connectivity index (χ4v) is 1.31. The van der Waals surface area contributed by atoms with Crippen LogP contribution in [0.2, 0.25) is 0 Å². The highest BCUT2D eigenvalue weighted by Crippen LogP contribution is 2.23. The average molecular weight is 266 g/mol. The van der Waals surface area contributed by atoms with Crippen molar-refractivity contribution in [1.29, 1.82) is 10.5 Å². The monoisotopic (exact) mass is 265 g/mol. The van der Waals surface area contributed by atoms with Gasteiger partial charge in [0.15, 0.2) is 0 Å². The molecule has 1 rings (SSSR count). The molecular weight excluding hydrogens is 261 g/mol. The number of rotatable bonds is 2. The Morgan fingerprint density at radius 1 is 1.40 bits per heavy atom. The molecule has 1 aromatic carbocycles. The van der Waals surface area contributed by atoms with Crippen molar-refractivity contribution >= 4 is 21.6 Å². The van der Waals surface area contributed by atoms with Gasteiger partial charge in [0.25, 0.3) is 0 Å². The molecule has 0 aliphatic rings. The zero-order valence-corrected chi connectivity index (χ0v) is 9.05. The quantitative estimate of drug-likeness (QED) is 0.837. The number of nitrogens with one attached hydrogen (secondary N) is 1. The van der Waals surface area contributed by atoms with Gasteiger partial charge in [0.05, 0.1) is 5.69 Å². The molecule has 15 heavy (non-hydrogen) atoms. The van der Waals surface area contributed by atoms with Gasteiger partial charge in [-0.05, 0) is 34.1 Å². The van der Waals surface area contributed by atoms with Gasteiger partial charge in [-0.3, -0.25) is 0 Å². The molecule has 0 aliphatic heterocycles. The molecule has 1 N–H and O–H groups in total. The Kier molecular flexibility index (Phi) is 3.84. The van der Waals surface area contributed by atoms with Crippen LogP contribution in [-0.4, -0.2) is 0 Å². The van der Waals surface area contributed by atoms with Crippen molar-refractivity contribution in [3.63, 3.8) is 0 Å². The van der Waals surface area contributed by atoms with Gasteiger partial charge in [-0.25, -0.2) is 4.39 Å². The van der Waals surface area contributed by atoms with E-state index in [4.69, 9.17) is 10.5 Å². The van der Waals surface area contributed by atoms with Gasteiger partial charge in [0, 0.05) is 10.7 Å². The Morgan fingerprint density at radius 2 is 2.07 bits per heavy atom. The second-order valence-corrected chi connectivity index (χ2v) is 3.40. The van der Waals surface area contributed by atoms with Crippen molar-refractivity contribution < 1.29 is 4.39 Å². The van der Waals surface area contributed by atoms with Crippen LogP contribution in [0, 0.1) is 28.5 Å².